The molecule has 0 saturated carbocycles. The second kappa shape index (κ2) is 4.57. The lowest BCUT2D eigenvalue weighted by molar-refractivity contribution is 0.177. The number of nitrogens with one attached hydrogen (secondary N) is 1. The van der Waals surface area contributed by atoms with Crippen LogP contribution in [0.25, 0.3) is 0 Å². The van der Waals surface area contributed by atoms with Gasteiger partial charge in [0.15, 0.2) is 5.82 Å². The van der Waals surface area contributed by atoms with Gasteiger partial charge in [0.1, 0.15) is 12.4 Å². The number of aromatic nitrogens is 2. The molecule has 1 N–H and O–H groups in total. The van der Waals surface area contributed by atoms with Gasteiger partial charge in [0, 0.05) is 25.6 Å². The lowest BCUT2D eigenvalue weighted by atomic mass is 9.92. The Balaban J connectivity index is 3.11. The summed E-state index contributed by atoms with van der Waals surface area (Å²) in [7, 11) is 3.50. The van der Waals surface area contributed by atoms with Gasteiger partial charge in [-0.1, -0.05) is 20.8 Å². The van der Waals surface area contributed by atoms with E-state index in [2.05, 4.69) is 36.1 Å². The third kappa shape index (κ3) is 3.16. The predicted octanol–water partition coefficient (Wildman–Crippen LogP) is 1.96. The van der Waals surface area contributed by atoms with Gasteiger partial charge in [-0.15, -0.1) is 0 Å². The molecule has 0 fully saturated rings. The molecular formula is C11H19N3O. The molecule has 0 spiro atoms. The lowest BCUT2D eigenvalue weighted by Gasteiger charge is -2.19. The number of rotatable bonds is 3. The molecular weight excluding hydrogens is 190 g/mol. The molecule has 1 aromatic heterocycles. The molecule has 0 radical (unpaired) electrons. The van der Waals surface area contributed by atoms with Crippen molar-refractivity contribution in [1.82, 2.24) is 9.97 Å². The summed E-state index contributed by atoms with van der Waals surface area (Å²) in [5.74, 6) is 1.55. The van der Waals surface area contributed by atoms with E-state index >= 15 is 0 Å². The Morgan fingerprint density at radius 1 is 1.33 bits per heavy atom. The third-order valence-electron chi connectivity index (χ3n) is 2.07. The summed E-state index contributed by atoms with van der Waals surface area (Å²) < 4.78 is 5.04. The van der Waals surface area contributed by atoms with Crippen molar-refractivity contribution < 1.29 is 4.74 Å². The SMILES string of the molecule is CNc1cc(C(C)(C)C)nc(COC)n1. The molecule has 15 heavy (non-hydrogen) atoms. The Labute approximate surface area is 91.1 Å². The molecule has 4 nitrogen and oxygen atoms in total. The number of methoxy groups -OCH3 is 1. The van der Waals surface area contributed by atoms with Crippen LogP contribution in [0.3, 0.4) is 0 Å². The van der Waals surface area contributed by atoms with Crippen LogP contribution in [0, 0.1) is 0 Å². The van der Waals surface area contributed by atoms with Crippen molar-refractivity contribution in [3.05, 3.63) is 17.6 Å². The number of ether oxygens (including phenoxy) is 1. The Hall–Kier alpha value is -1.16. The van der Waals surface area contributed by atoms with Gasteiger partial charge in [0.25, 0.3) is 0 Å². The topological polar surface area (TPSA) is 47.0 Å². The van der Waals surface area contributed by atoms with E-state index in [1.807, 2.05) is 13.1 Å². The second-order valence-corrected chi connectivity index (χ2v) is 4.49. The van der Waals surface area contributed by atoms with Crippen LogP contribution in [-0.4, -0.2) is 24.1 Å². The summed E-state index contributed by atoms with van der Waals surface area (Å²) >= 11 is 0. The molecule has 0 bridgehead atoms. The average molecular weight is 209 g/mol. The van der Waals surface area contributed by atoms with Crippen molar-refractivity contribution in [3.63, 3.8) is 0 Å². The molecule has 1 heterocycles. The Morgan fingerprint density at radius 3 is 2.47 bits per heavy atom. The van der Waals surface area contributed by atoms with E-state index in [-0.39, 0.29) is 5.41 Å². The largest absolute Gasteiger partial charge is 0.377 e. The highest BCUT2D eigenvalue weighted by Gasteiger charge is 2.17. The number of hydrogen-bond donors (Lipinski definition) is 1. The first kappa shape index (κ1) is 11.9. The van der Waals surface area contributed by atoms with Crippen LogP contribution in [-0.2, 0) is 16.8 Å². The molecule has 1 rings (SSSR count). The van der Waals surface area contributed by atoms with Crippen LogP contribution in [0.2, 0.25) is 0 Å². The van der Waals surface area contributed by atoms with Gasteiger partial charge in [-0.05, 0) is 0 Å². The van der Waals surface area contributed by atoms with Gasteiger partial charge in [-0.3, -0.25) is 0 Å². The van der Waals surface area contributed by atoms with E-state index < -0.39 is 0 Å². The van der Waals surface area contributed by atoms with Crippen LogP contribution in [0.15, 0.2) is 6.07 Å². The first-order valence-corrected chi connectivity index (χ1v) is 5.02. The quantitative estimate of drug-likeness (QED) is 0.826. The third-order valence-corrected chi connectivity index (χ3v) is 2.07. The fourth-order valence-corrected chi connectivity index (χ4v) is 1.20. The minimum Gasteiger partial charge on any atom is -0.377 e. The van der Waals surface area contributed by atoms with Crippen molar-refractivity contribution in [2.75, 3.05) is 19.5 Å². The predicted molar refractivity (Wildman–Crippen MR) is 61.0 cm³/mol. The second-order valence-electron chi connectivity index (χ2n) is 4.49. The molecule has 0 atom stereocenters. The van der Waals surface area contributed by atoms with Crippen molar-refractivity contribution in [2.24, 2.45) is 0 Å². The van der Waals surface area contributed by atoms with Crippen LogP contribution in [0.4, 0.5) is 5.82 Å². The smallest absolute Gasteiger partial charge is 0.156 e. The van der Waals surface area contributed by atoms with Gasteiger partial charge in [-0.2, -0.15) is 0 Å². The molecule has 0 aliphatic rings. The van der Waals surface area contributed by atoms with Crippen molar-refractivity contribution in [2.45, 2.75) is 32.8 Å². The molecule has 84 valence electrons. The van der Waals surface area contributed by atoms with Gasteiger partial charge in [0.05, 0.1) is 5.69 Å². The van der Waals surface area contributed by atoms with Gasteiger partial charge >= 0.3 is 0 Å². The Morgan fingerprint density at radius 2 is 2.00 bits per heavy atom. The molecule has 4 heteroatoms. The average Bonchev–Trinajstić information content (AvgIpc) is 2.16. The zero-order valence-corrected chi connectivity index (χ0v) is 10.1. The molecule has 0 unspecified atom stereocenters. The molecule has 0 aliphatic heterocycles. The molecule has 0 amide bonds. The first-order chi connectivity index (χ1) is 6.97. The number of anilines is 1. The maximum absolute atomic E-state index is 5.04. The molecule has 0 saturated heterocycles. The normalized spacial score (nSPS) is 11.5. The zero-order valence-electron chi connectivity index (χ0n) is 10.1. The van der Waals surface area contributed by atoms with Crippen LogP contribution in [0.1, 0.15) is 32.3 Å². The highest BCUT2D eigenvalue weighted by Crippen LogP contribution is 2.22. The minimum atomic E-state index is 0.0248. The van der Waals surface area contributed by atoms with Crippen molar-refractivity contribution in [3.8, 4) is 0 Å². The Kier molecular flexibility index (Phi) is 3.63. The monoisotopic (exact) mass is 209 g/mol. The van der Waals surface area contributed by atoms with Crippen LogP contribution < -0.4 is 5.32 Å². The van der Waals surface area contributed by atoms with Crippen LogP contribution >= 0.6 is 0 Å². The summed E-state index contributed by atoms with van der Waals surface area (Å²) in [5.41, 5.74) is 1.05. The van der Waals surface area contributed by atoms with Crippen molar-refractivity contribution >= 4 is 5.82 Å². The minimum absolute atomic E-state index is 0.0248. The number of nitrogens with zero attached hydrogens (tertiary/aromatic N) is 2. The highest BCUT2D eigenvalue weighted by molar-refractivity contribution is 5.37. The standard InChI is InChI=1S/C11H19N3O/c1-11(2,3)8-6-9(12-4)14-10(13-8)7-15-5/h6H,7H2,1-5H3,(H,12,13,14). The lowest BCUT2D eigenvalue weighted by Crippen LogP contribution is -2.16. The van der Waals surface area contributed by atoms with Gasteiger partial charge in [-0.25, -0.2) is 9.97 Å². The number of hydrogen-bond acceptors (Lipinski definition) is 4. The highest BCUT2D eigenvalue weighted by atomic mass is 16.5. The maximum atomic E-state index is 5.04. The van der Waals surface area contributed by atoms with Gasteiger partial charge in [0.2, 0.25) is 0 Å². The molecule has 0 aliphatic carbocycles. The van der Waals surface area contributed by atoms with E-state index in [4.69, 9.17) is 4.74 Å². The summed E-state index contributed by atoms with van der Waals surface area (Å²) in [4.78, 5) is 8.77. The first-order valence-electron chi connectivity index (χ1n) is 5.02. The maximum Gasteiger partial charge on any atom is 0.156 e. The van der Waals surface area contributed by atoms with Gasteiger partial charge < -0.3 is 10.1 Å². The van der Waals surface area contributed by atoms with E-state index in [9.17, 15) is 0 Å². The molecule has 0 aromatic carbocycles. The van der Waals surface area contributed by atoms with E-state index in [0.29, 0.717) is 12.4 Å². The zero-order chi connectivity index (χ0) is 11.5. The fraction of sp³-hybridized carbons (Fsp3) is 0.636. The van der Waals surface area contributed by atoms with E-state index in [1.165, 1.54) is 0 Å². The van der Waals surface area contributed by atoms with E-state index in [0.717, 1.165) is 11.5 Å². The summed E-state index contributed by atoms with van der Waals surface area (Å²) in [6.07, 6.45) is 0. The summed E-state index contributed by atoms with van der Waals surface area (Å²) in [6.45, 7) is 6.83. The Bertz CT molecular complexity index is 331. The van der Waals surface area contributed by atoms with E-state index in [1.54, 1.807) is 7.11 Å². The summed E-state index contributed by atoms with van der Waals surface area (Å²) in [6, 6.07) is 1.97. The van der Waals surface area contributed by atoms with Crippen LogP contribution in [0.5, 0.6) is 0 Å². The molecule has 1 aromatic rings. The fourth-order valence-electron chi connectivity index (χ4n) is 1.20. The summed E-state index contributed by atoms with van der Waals surface area (Å²) in [5, 5.41) is 3.03. The van der Waals surface area contributed by atoms with Crippen molar-refractivity contribution in [1.29, 1.82) is 0 Å².